The Morgan fingerprint density at radius 3 is 2.42 bits per heavy atom. The molecule has 0 aliphatic heterocycles. The van der Waals surface area contributed by atoms with E-state index in [1.807, 2.05) is 0 Å². The summed E-state index contributed by atoms with van der Waals surface area (Å²) in [6, 6.07) is 3.27. The number of methoxy groups -OCH3 is 2. The molecule has 0 aromatic heterocycles. The van der Waals surface area contributed by atoms with Crippen LogP contribution in [-0.2, 0) is 9.59 Å². The molecule has 0 saturated heterocycles. The van der Waals surface area contributed by atoms with Crippen LogP contribution < -0.4 is 19.7 Å². The number of halogens is 1. The van der Waals surface area contributed by atoms with E-state index in [-0.39, 0.29) is 17.7 Å². The average Bonchev–Trinajstić information content (AvgIpc) is 2.49. The van der Waals surface area contributed by atoms with Crippen molar-refractivity contribution in [2.45, 2.75) is 26.2 Å². The van der Waals surface area contributed by atoms with Crippen molar-refractivity contribution in [3.05, 3.63) is 17.2 Å². The van der Waals surface area contributed by atoms with Gasteiger partial charge in [-0.15, -0.1) is 0 Å². The Kier molecular flexibility index (Phi) is 6.31. The lowest BCUT2D eigenvalue weighted by molar-refractivity contribution is -0.127. The van der Waals surface area contributed by atoms with Crippen molar-refractivity contribution >= 4 is 29.1 Å². The summed E-state index contributed by atoms with van der Waals surface area (Å²) in [5.41, 5.74) is 0.559. The Bertz CT molecular complexity index is 617. The maximum Gasteiger partial charge on any atom is 0.224 e. The molecule has 6 nitrogen and oxygen atoms in total. The first-order valence-corrected chi connectivity index (χ1v) is 8.33. The number of hydrogen-bond donors (Lipinski definition) is 1. The van der Waals surface area contributed by atoms with Gasteiger partial charge in [0.05, 0.1) is 24.9 Å². The Morgan fingerprint density at radius 2 is 1.92 bits per heavy atom. The molecule has 1 aromatic rings. The van der Waals surface area contributed by atoms with E-state index in [2.05, 4.69) is 5.32 Å². The van der Waals surface area contributed by atoms with Gasteiger partial charge < -0.3 is 19.7 Å². The lowest BCUT2D eigenvalue weighted by Gasteiger charge is -2.26. The number of rotatable bonds is 7. The zero-order chi connectivity index (χ0) is 17.7. The molecule has 0 spiro atoms. The predicted octanol–water partition coefficient (Wildman–Crippen LogP) is 2.63. The van der Waals surface area contributed by atoms with E-state index in [1.165, 1.54) is 21.1 Å². The van der Waals surface area contributed by atoms with Gasteiger partial charge in [-0.25, -0.2) is 0 Å². The van der Waals surface area contributed by atoms with Crippen molar-refractivity contribution in [3.63, 3.8) is 0 Å². The quantitative estimate of drug-likeness (QED) is 0.817. The summed E-state index contributed by atoms with van der Waals surface area (Å²) >= 11 is 6.10. The van der Waals surface area contributed by atoms with Crippen LogP contribution in [0.5, 0.6) is 11.5 Å². The highest BCUT2D eigenvalue weighted by Crippen LogP contribution is 2.38. The third-order valence-corrected chi connectivity index (χ3v) is 4.53. The van der Waals surface area contributed by atoms with Gasteiger partial charge in [-0.1, -0.05) is 18.0 Å². The molecule has 1 aliphatic carbocycles. The van der Waals surface area contributed by atoms with Crippen molar-refractivity contribution < 1.29 is 19.1 Å². The number of hydrogen-bond acceptors (Lipinski definition) is 4. The second-order valence-electron chi connectivity index (χ2n) is 5.75. The first-order chi connectivity index (χ1) is 11.5. The summed E-state index contributed by atoms with van der Waals surface area (Å²) in [5.74, 6) is 0.959. The maximum atomic E-state index is 12.1. The van der Waals surface area contributed by atoms with Crippen molar-refractivity contribution in [2.24, 2.45) is 5.92 Å². The van der Waals surface area contributed by atoms with Crippen LogP contribution in [0.2, 0.25) is 5.02 Å². The van der Waals surface area contributed by atoms with Crippen LogP contribution in [0.1, 0.15) is 26.2 Å². The molecule has 7 heteroatoms. The molecule has 1 fully saturated rings. The van der Waals surface area contributed by atoms with Gasteiger partial charge in [0.25, 0.3) is 0 Å². The molecule has 1 aliphatic rings. The van der Waals surface area contributed by atoms with E-state index in [0.29, 0.717) is 35.3 Å². The molecule has 0 unspecified atom stereocenters. The zero-order valence-corrected chi connectivity index (χ0v) is 15.0. The van der Waals surface area contributed by atoms with E-state index in [0.717, 1.165) is 19.3 Å². The SMILES string of the molecule is COc1cc(N(CCNC(=O)C2CCC2)C(C)=O)c(OC)cc1Cl. The van der Waals surface area contributed by atoms with Gasteiger partial charge in [-0.3, -0.25) is 9.59 Å². The van der Waals surface area contributed by atoms with Crippen LogP contribution in [-0.4, -0.2) is 39.1 Å². The van der Waals surface area contributed by atoms with Crippen LogP contribution in [0.3, 0.4) is 0 Å². The van der Waals surface area contributed by atoms with Gasteiger partial charge in [0, 0.05) is 38.1 Å². The summed E-state index contributed by atoms with van der Waals surface area (Å²) in [5, 5.41) is 3.29. The zero-order valence-electron chi connectivity index (χ0n) is 14.2. The molecule has 0 bridgehead atoms. The lowest BCUT2D eigenvalue weighted by Crippen LogP contribution is -2.41. The summed E-state index contributed by atoms with van der Waals surface area (Å²) in [6.07, 6.45) is 3.01. The molecule has 1 aromatic carbocycles. The Balaban J connectivity index is 2.11. The molecular formula is C17H23ClN2O4. The third kappa shape index (κ3) is 4.12. The van der Waals surface area contributed by atoms with Crippen LogP contribution in [0.25, 0.3) is 0 Å². The fourth-order valence-corrected chi connectivity index (χ4v) is 2.84. The summed E-state index contributed by atoms with van der Waals surface area (Å²) < 4.78 is 10.5. The number of anilines is 1. The second kappa shape index (κ2) is 8.24. The van der Waals surface area contributed by atoms with E-state index >= 15 is 0 Å². The van der Waals surface area contributed by atoms with Crippen molar-refractivity contribution in [1.82, 2.24) is 5.32 Å². The van der Waals surface area contributed by atoms with Crippen LogP contribution in [0.4, 0.5) is 5.69 Å². The number of carbonyl (C=O) groups is 2. The van der Waals surface area contributed by atoms with Crippen LogP contribution >= 0.6 is 11.6 Å². The van der Waals surface area contributed by atoms with Crippen LogP contribution in [0.15, 0.2) is 12.1 Å². The van der Waals surface area contributed by atoms with E-state index in [1.54, 1.807) is 17.0 Å². The normalized spacial score (nSPS) is 13.8. The highest BCUT2D eigenvalue weighted by atomic mass is 35.5. The molecular weight excluding hydrogens is 332 g/mol. The van der Waals surface area contributed by atoms with Crippen molar-refractivity contribution in [1.29, 1.82) is 0 Å². The predicted molar refractivity (Wildman–Crippen MR) is 92.9 cm³/mol. The summed E-state index contributed by atoms with van der Waals surface area (Å²) in [6.45, 7) is 2.19. The largest absolute Gasteiger partial charge is 0.495 e. The van der Waals surface area contributed by atoms with E-state index in [9.17, 15) is 9.59 Å². The summed E-state index contributed by atoms with van der Waals surface area (Å²) in [7, 11) is 3.02. The molecule has 2 amide bonds. The number of nitrogens with zero attached hydrogens (tertiary/aromatic N) is 1. The third-order valence-electron chi connectivity index (χ3n) is 4.23. The molecule has 24 heavy (non-hydrogen) atoms. The Hall–Kier alpha value is -1.95. The lowest BCUT2D eigenvalue weighted by atomic mass is 9.85. The topological polar surface area (TPSA) is 67.9 Å². The monoisotopic (exact) mass is 354 g/mol. The van der Waals surface area contributed by atoms with Gasteiger partial charge in [-0.05, 0) is 12.8 Å². The van der Waals surface area contributed by atoms with E-state index in [4.69, 9.17) is 21.1 Å². The Morgan fingerprint density at radius 1 is 1.25 bits per heavy atom. The number of ether oxygens (including phenoxy) is 2. The highest BCUT2D eigenvalue weighted by Gasteiger charge is 2.25. The molecule has 0 atom stereocenters. The highest BCUT2D eigenvalue weighted by molar-refractivity contribution is 6.32. The first-order valence-electron chi connectivity index (χ1n) is 7.95. The van der Waals surface area contributed by atoms with Gasteiger partial charge in [0.1, 0.15) is 11.5 Å². The number of nitrogens with one attached hydrogen (secondary N) is 1. The van der Waals surface area contributed by atoms with Gasteiger partial charge in [-0.2, -0.15) is 0 Å². The van der Waals surface area contributed by atoms with Crippen LogP contribution in [0, 0.1) is 5.92 Å². The molecule has 2 rings (SSSR count). The average molecular weight is 355 g/mol. The van der Waals surface area contributed by atoms with Gasteiger partial charge in [0.2, 0.25) is 11.8 Å². The smallest absolute Gasteiger partial charge is 0.224 e. The standard InChI is InChI=1S/C17H23ClN2O4/c1-11(21)20(8-7-19-17(22)12-5-4-6-12)14-10-15(23-2)13(18)9-16(14)24-3/h9-10,12H,4-8H2,1-3H3,(H,19,22). The number of benzene rings is 1. The fraction of sp³-hybridized carbons (Fsp3) is 0.529. The van der Waals surface area contributed by atoms with Crippen molar-refractivity contribution in [3.8, 4) is 11.5 Å². The number of carbonyl (C=O) groups excluding carboxylic acids is 2. The maximum absolute atomic E-state index is 12.1. The molecule has 132 valence electrons. The molecule has 1 saturated carbocycles. The molecule has 0 radical (unpaired) electrons. The van der Waals surface area contributed by atoms with Gasteiger partial charge >= 0.3 is 0 Å². The minimum atomic E-state index is -0.157. The minimum Gasteiger partial charge on any atom is -0.495 e. The summed E-state index contributed by atoms with van der Waals surface area (Å²) in [4.78, 5) is 25.5. The fourth-order valence-electron chi connectivity index (χ4n) is 2.61. The second-order valence-corrected chi connectivity index (χ2v) is 6.16. The van der Waals surface area contributed by atoms with Gasteiger partial charge in [0.15, 0.2) is 0 Å². The van der Waals surface area contributed by atoms with Crippen molar-refractivity contribution in [2.75, 3.05) is 32.2 Å². The van der Waals surface area contributed by atoms with E-state index < -0.39 is 0 Å². The first kappa shape index (κ1) is 18.4. The molecule has 0 heterocycles. The number of amides is 2. The molecule has 1 N–H and O–H groups in total. The minimum absolute atomic E-state index is 0.0606. The Labute approximate surface area is 147 Å².